The summed E-state index contributed by atoms with van der Waals surface area (Å²) in [5.41, 5.74) is 3.75. The number of carbonyl (C=O) groups is 1. The highest BCUT2D eigenvalue weighted by Gasteiger charge is 2.31. The minimum Gasteiger partial charge on any atom is -0.493 e. The number of fused-ring (bicyclic) bond motifs is 3. The van der Waals surface area contributed by atoms with Crippen LogP contribution in [0.5, 0.6) is 11.5 Å². The predicted octanol–water partition coefficient (Wildman–Crippen LogP) is 2.94. The second-order valence-corrected chi connectivity index (χ2v) is 7.94. The van der Waals surface area contributed by atoms with Crippen molar-refractivity contribution >= 4 is 17.5 Å². The number of aromatic nitrogens is 2. The molecule has 4 rings (SSSR count). The Hall–Kier alpha value is -3.67. The topological polar surface area (TPSA) is 116 Å². The highest BCUT2D eigenvalue weighted by molar-refractivity contribution is 5.88. The number of aliphatic hydroxyl groups is 1. The number of nitrogens with one attached hydrogen (secondary N) is 2. The molecule has 36 heavy (non-hydrogen) atoms. The third kappa shape index (κ3) is 5.59. The van der Waals surface area contributed by atoms with E-state index >= 15 is 0 Å². The van der Waals surface area contributed by atoms with Gasteiger partial charge in [-0.3, -0.25) is 0 Å². The van der Waals surface area contributed by atoms with Gasteiger partial charge in [0.2, 0.25) is 0 Å². The summed E-state index contributed by atoms with van der Waals surface area (Å²) in [6.07, 6.45) is 0.507. The lowest BCUT2D eigenvalue weighted by molar-refractivity contribution is 0.0344. The quantitative estimate of drug-likeness (QED) is 0.254. The van der Waals surface area contributed by atoms with Gasteiger partial charge in [0.05, 0.1) is 52.9 Å². The number of hydrogen-bond acceptors (Lipinski definition) is 8. The van der Waals surface area contributed by atoms with E-state index in [9.17, 15) is 9.18 Å². The van der Waals surface area contributed by atoms with Crippen molar-refractivity contribution in [1.82, 2.24) is 15.1 Å². The van der Waals surface area contributed by atoms with Gasteiger partial charge in [-0.2, -0.15) is 9.78 Å². The Bertz CT molecular complexity index is 1220. The van der Waals surface area contributed by atoms with Crippen molar-refractivity contribution in [2.75, 3.05) is 59.1 Å². The molecule has 0 fully saturated rings. The van der Waals surface area contributed by atoms with Gasteiger partial charge >= 0.3 is 6.03 Å². The molecule has 0 aliphatic heterocycles. The van der Waals surface area contributed by atoms with Crippen LogP contribution in [0.25, 0.3) is 11.3 Å². The predicted molar refractivity (Wildman–Crippen MR) is 131 cm³/mol. The van der Waals surface area contributed by atoms with Crippen molar-refractivity contribution in [3.8, 4) is 22.8 Å². The molecule has 0 radical (unpaired) electrons. The zero-order valence-electron chi connectivity index (χ0n) is 20.2. The average molecular weight is 501 g/mol. The smallest absolute Gasteiger partial charge is 0.344 e. The number of methoxy groups -OCH3 is 2. The van der Waals surface area contributed by atoms with E-state index in [0.29, 0.717) is 48.3 Å². The molecular formula is C25H29FN4O6. The van der Waals surface area contributed by atoms with E-state index in [0.717, 1.165) is 16.7 Å². The van der Waals surface area contributed by atoms with Crippen molar-refractivity contribution in [1.29, 1.82) is 0 Å². The molecule has 1 amide bonds. The number of halogens is 1. The van der Waals surface area contributed by atoms with Gasteiger partial charge in [-0.15, -0.1) is 0 Å². The lowest BCUT2D eigenvalue weighted by Crippen LogP contribution is -2.33. The molecule has 2 aromatic carbocycles. The van der Waals surface area contributed by atoms with E-state index in [1.54, 1.807) is 26.4 Å². The summed E-state index contributed by atoms with van der Waals surface area (Å²) >= 11 is 0. The Morgan fingerprint density at radius 3 is 2.56 bits per heavy atom. The first-order valence-corrected chi connectivity index (χ1v) is 11.5. The van der Waals surface area contributed by atoms with Crippen molar-refractivity contribution < 1.29 is 33.2 Å². The third-order valence-corrected chi connectivity index (χ3v) is 5.63. The highest BCUT2D eigenvalue weighted by atomic mass is 19.1. The molecule has 192 valence electrons. The Morgan fingerprint density at radius 2 is 1.83 bits per heavy atom. The summed E-state index contributed by atoms with van der Waals surface area (Å²) in [6.45, 7) is 1.45. The number of nitrogens with zero attached hydrogens (tertiary/aromatic N) is 2. The van der Waals surface area contributed by atoms with Crippen molar-refractivity contribution in [3.63, 3.8) is 0 Å². The maximum atomic E-state index is 13.8. The van der Waals surface area contributed by atoms with Gasteiger partial charge in [-0.1, -0.05) is 6.07 Å². The molecule has 3 aromatic rings. The molecule has 0 atom stereocenters. The highest BCUT2D eigenvalue weighted by Crippen LogP contribution is 2.45. The third-order valence-electron chi connectivity index (χ3n) is 5.63. The van der Waals surface area contributed by atoms with Crippen LogP contribution < -0.4 is 20.1 Å². The van der Waals surface area contributed by atoms with Gasteiger partial charge in [-0.25, -0.2) is 9.18 Å². The molecule has 0 bridgehead atoms. The van der Waals surface area contributed by atoms with Gasteiger partial charge in [0, 0.05) is 29.8 Å². The van der Waals surface area contributed by atoms with Crippen molar-refractivity contribution in [2.24, 2.45) is 0 Å². The molecule has 1 heterocycles. The van der Waals surface area contributed by atoms with Gasteiger partial charge < -0.3 is 34.7 Å². The maximum absolute atomic E-state index is 13.8. The maximum Gasteiger partial charge on any atom is 0.344 e. The lowest BCUT2D eigenvalue weighted by atomic mass is 10.1. The van der Waals surface area contributed by atoms with Gasteiger partial charge in [0.25, 0.3) is 0 Å². The fraction of sp³-hybridized carbons (Fsp3) is 0.360. The van der Waals surface area contributed by atoms with E-state index in [-0.39, 0.29) is 26.4 Å². The van der Waals surface area contributed by atoms with Gasteiger partial charge in [-0.05, 0) is 35.9 Å². The van der Waals surface area contributed by atoms with Crippen LogP contribution >= 0.6 is 0 Å². The Kier molecular flexibility index (Phi) is 8.36. The fourth-order valence-corrected chi connectivity index (χ4v) is 3.98. The van der Waals surface area contributed by atoms with Crippen LogP contribution in [0, 0.1) is 5.82 Å². The van der Waals surface area contributed by atoms with E-state index in [1.807, 2.05) is 12.1 Å². The second-order valence-electron chi connectivity index (χ2n) is 7.94. The van der Waals surface area contributed by atoms with Crippen LogP contribution in [0.15, 0.2) is 36.4 Å². The van der Waals surface area contributed by atoms with Crippen LogP contribution in [-0.2, 0) is 15.9 Å². The Labute approximate surface area is 207 Å². The van der Waals surface area contributed by atoms with E-state index < -0.39 is 11.8 Å². The molecule has 1 aliphatic rings. The van der Waals surface area contributed by atoms with Crippen molar-refractivity contribution in [2.45, 2.75) is 6.42 Å². The molecule has 0 spiro atoms. The minimum absolute atomic E-state index is 0.0410. The van der Waals surface area contributed by atoms with E-state index in [1.165, 1.54) is 16.8 Å². The molecular weight excluding hydrogens is 471 g/mol. The lowest BCUT2D eigenvalue weighted by Gasteiger charge is -2.13. The Morgan fingerprint density at radius 1 is 1.08 bits per heavy atom. The zero-order valence-corrected chi connectivity index (χ0v) is 20.2. The number of hydrogen-bond donors (Lipinski definition) is 3. The van der Waals surface area contributed by atoms with Crippen LogP contribution in [0.3, 0.4) is 0 Å². The number of amides is 1. The Balaban J connectivity index is 1.55. The first kappa shape index (κ1) is 25.4. The van der Waals surface area contributed by atoms with Crippen LogP contribution in [0.2, 0.25) is 0 Å². The van der Waals surface area contributed by atoms with E-state index in [2.05, 4.69) is 15.7 Å². The monoisotopic (exact) mass is 500 g/mol. The molecule has 0 unspecified atom stereocenters. The number of anilines is 2. The number of rotatable bonds is 12. The molecule has 10 nitrogen and oxygen atoms in total. The first-order chi connectivity index (χ1) is 17.5. The van der Waals surface area contributed by atoms with Crippen LogP contribution in [0.4, 0.5) is 20.7 Å². The molecule has 3 N–H and O–H groups in total. The summed E-state index contributed by atoms with van der Waals surface area (Å²) < 4.78 is 36.5. The molecule has 0 saturated heterocycles. The first-order valence-electron chi connectivity index (χ1n) is 11.5. The molecule has 0 saturated carbocycles. The normalized spacial score (nSPS) is 11.7. The summed E-state index contributed by atoms with van der Waals surface area (Å²) in [4.78, 5) is 13.1. The van der Waals surface area contributed by atoms with Gasteiger partial charge in [0.1, 0.15) is 11.6 Å². The van der Waals surface area contributed by atoms with Crippen molar-refractivity contribution in [3.05, 3.63) is 53.3 Å². The van der Waals surface area contributed by atoms with Crippen LogP contribution in [0.1, 0.15) is 11.1 Å². The summed E-state index contributed by atoms with van der Waals surface area (Å²) in [7, 11) is 3.13. The van der Waals surface area contributed by atoms with Crippen LogP contribution in [-0.4, -0.2) is 74.7 Å². The number of benzene rings is 2. The average Bonchev–Trinajstić information content (AvgIpc) is 3.40. The largest absolute Gasteiger partial charge is 0.493 e. The minimum atomic E-state index is -0.453. The SMILES string of the molecule is COc1cc2c(cc1OC)-c1nn(C(=O)NCCOCCOCCO)c(Nc3cccc(F)c3)c1C2. The fourth-order valence-electron chi connectivity index (χ4n) is 3.98. The zero-order chi connectivity index (χ0) is 25.5. The number of ether oxygens (including phenoxy) is 4. The standard InChI is InChI=1S/C25H29FN4O6/c1-33-21-13-16-12-20-23(19(16)15-22(21)34-2)29-30(24(20)28-18-5-3-4-17(26)14-18)25(32)27-6-8-35-10-11-36-9-7-31/h3-5,13-15,28,31H,6-12H2,1-2H3,(H,27,32). The van der Waals surface area contributed by atoms with Gasteiger partial charge in [0.15, 0.2) is 11.5 Å². The molecule has 11 heteroatoms. The summed E-state index contributed by atoms with van der Waals surface area (Å²) in [5, 5.41) is 19.2. The summed E-state index contributed by atoms with van der Waals surface area (Å²) in [5.74, 6) is 1.21. The summed E-state index contributed by atoms with van der Waals surface area (Å²) in [6, 6.07) is 9.29. The van der Waals surface area contributed by atoms with E-state index in [4.69, 9.17) is 24.1 Å². The number of aliphatic hydroxyl groups excluding tert-OH is 1. The molecule has 1 aromatic heterocycles. The molecule has 1 aliphatic carbocycles. The number of carbonyl (C=O) groups excluding carboxylic acids is 1. The second kappa shape index (κ2) is 11.8.